The minimum absolute atomic E-state index is 0.130. The minimum Gasteiger partial charge on any atom is -0.341 e. The van der Waals surface area contributed by atoms with Gasteiger partial charge in [-0.2, -0.15) is 0 Å². The summed E-state index contributed by atoms with van der Waals surface area (Å²) in [5, 5.41) is 3.21. The third kappa shape index (κ3) is 2.86. The Morgan fingerprint density at radius 1 is 1.41 bits per heavy atom. The first-order chi connectivity index (χ1) is 8.18. The lowest BCUT2D eigenvalue weighted by atomic mass is 9.88. The van der Waals surface area contributed by atoms with Crippen LogP contribution in [0.5, 0.6) is 0 Å². The summed E-state index contributed by atoms with van der Waals surface area (Å²) in [6, 6.07) is 10.1. The lowest BCUT2D eigenvalue weighted by Gasteiger charge is -2.34. The molecular weight excluding hydrogens is 212 g/mol. The van der Waals surface area contributed by atoms with Crippen LogP contribution < -0.4 is 5.32 Å². The molecule has 2 rings (SSSR count). The van der Waals surface area contributed by atoms with Crippen molar-refractivity contribution in [1.29, 1.82) is 0 Å². The van der Waals surface area contributed by atoms with Gasteiger partial charge < -0.3 is 10.2 Å². The number of amides is 1. The molecule has 1 aliphatic heterocycles. The summed E-state index contributed by atoms with van der Waals surface area (Å²) in [7, 11) is 1.89. The molecule has 1 fully saturated rings. The molecule has 0 bridgehead atoms. The topological polar surface area (TPSA) is 32.3 Å². The van der Waals surface area contributed by atoms with E-state index in [1.165, 1.54) is 5.56 Å². The van der Waals surface area contributed by atoms with Crippen molar-refractivity contribution in [3.05, 3.63) is 35.9 Å². The molecule has 17 heavy (non-hydrogen) atoms. The van der Waals surface area contributed by atoms with Gasteiger partial charge in [-0.25, -0.2) is 0 Å². The van der Waals surface area contributed by atoms with Crippen LogP contribution in [0.25, 0.3) is 0 Å². The van der Waals surface area contributed by atoms with Crippen molar-refractivity contribution in [3.8, 4) is 0 Å². The van der Waals surface area contributed by atoms with E-state index in [2.05, 4.69) is 17.4 Å². The first kappa shape index (κ1) is 12.1. The van der Waals surface area contributed by atoms with E-state index in [1.807, 2.05) is 37.1 Å². The Bertz CT molecular complexity index is 373. The average Bonchev–Trinajstić information content (AvgIpc) is 2.27. The number of carbonyl (C=O) groups excluding carboxylic acids is 1. The van der Waals surface area contributed by atoms with Gasteiger partial charge in [0.05, 0.1) is 0 Å². The number of nitrogens with one attached hydrogen (secondary N) is 1. The van der Waals surface area contributed by atoms with E-state index in [9.17, 15) is 4.79 Å². The maximum atomic E-state index is 12.2. The summed E-state index contributed by atoms with van der Waals surface area (Å²) in [5.41, 5.74) is 1.18. The molecule has 3 nitrogen and oxygen atoms in total. The van der Waals surface area contributed by atoms with Gasteiger partial charge in [0, 0.05) is 19.5 Å². The largest absolute Gasteiger partial charge is 0.341 e. The van der Waals surface area contributed by atoms with Gasteiger partial charge in [0.25, 0.3) is 0 Å². The predicted molar refractivity (Wildman–Crippen MR) is 68.4 cm³/mol. The van der Waals surface area contributed by atoms with Crippen molar-refractivity contribution < 1.29 is 4.79 Å². The van der Waals surface area contributed by atoms with Crippen LogP contribution in [0.15, 0.2) is 30.3 Å². The zero-order valence-electron chi connectivity index (χ0n) is 10.5. The molecule has 1 unspecified atom stereocenters. The molecule has 3 heteroatoms. The lowest BCUT2D eigenvalue weighted by Crippen LogP contribution is -2.49. The molecule has 1 N–H and O–H groups in total. The van der Waals surface area contributed by atoms with Crippen LogP contribution in [0.2, 0.25) is 0 Å². The van der Waals surface area contributed by atoms with E-state index < -0.39 is 0 Å². The number of hydrogen-bond donors (Lipinski definition) is 1. The Kier molecular flexibility index (Phi) is 3.79. The summed E-state index contributed by atoms with van der Waals surface area (Å²) in [4.78, 5) is 14.0. The predicted octanol–water partition coefficient (Wildman–Crippen LogP) is 1.50. The van der Waals surface area contributed by atoms with Crippen molar-refractivity contribution >= 4 is 5.91 Å². The fourth-order valence-corrected chi connectivity index (χ4v) is 2.15. The standard InChI is InChI=1S/C14H20N2O/c1-11(13-8-15-9-13)14(17)16(2)10-12-6-4-3-5-7-12/h3-7,11,13,15H,8-10H2,1-2H3. The van der Waals surface area contributed by atoms with Crippen molar-refractivity contribution in [2.75, 3.05) is 20.1 Å². The maximum absolute atomic E-state index is 12.2. The Morgan fingerprint density at radius 2 is 2.06 bits per heavy atom. The fourth-order valence-electron chi connectivity index (χ4n) is 2.15. The Morgan fingerprint density at radius 3 is 2.59 bits per heavy atom. The van der Waals surface area contributed by atoms with Gasteiger partial charge >= 0.3 is 0 Å². The first-order valence-electron chi connectivity index (χ1n) is 6.18. The molecule has 0 aliphatic carbocycles. The Labute approximate surface area is 103 Å². The van der Waals surface area contributed by atoms with Gasteiger partial charge in [0.2, 0.25) is 5.91 Å². The summed E-state index contributed by atoms with van der Waals surface area (Å²) in [6.45, 7) is 4.69. The van der Waals surface area contributed by atoms with Crippen LogP contribution >= 0.6 is 0 Å². The highest BCUT2D eigenvalue weighted by atomic mass is 16.2. The summed E-state index contributed by atoms with van der Waals surface area (Å²) < 4.78 is 0. The lowest BCUT2D eigenvalue weighted by molar-refractivity contribution is -0.136. The second-order valence-electron chi connectivity index (χ2n) is 4.89. The summed E-state index contributed by atoms with van der Waals surface area (Å²) in [6.07, 6.45) is 0. The molecule has 0 saturated carbocycles. The highest BCUT2D eigenvalue weighted by Crippen LogP contribution is 2.18. The molecule has 92 valence electrons. The molecule has 0 aromatic heterocycles. The van der Waals surface area contributed by atoms with Crippen molar-refractivity contribution in [2.45, 2.75) is 13.5 Å². The van der Waals surface area contributed by atoms with Gasteiger partial charge in [-0.3, -0.25) is 4.79 Å². The zero-order valence-corrected chi connectivity index (χ0v) is 10.5. The monoisotopic (exact) mass is 232 g/mol. The van der Waals surface area contributed by atoms with Crippen LogP contribution in [0.4, 0.5) is 0 Å². The molecular formula is C14H20N2O. The quantitative estimate of drug-likeness (QED) is 0.853. The highest BCUT2D eigenvalue weighted by molar-refractivity contribution is 5.78. The average molecular weight is 232 g/mol. The zero-order chi connectivity index (χ0) is 12.3. The third-order valence-corrected chi connectivity index (χ3v) is 3.55. The third-order valence-electron chi connectivity index (χ3n) is 3.55. The second-order valence-corrected chi connectivity index (χ2v) is 4.89. The normalized spacial score (nSPS) is 17.3. The molecule has 1 atom stereocenters. The van der Waals surface area contributed by atoms with Crippen molar-refractivity contribution in [2.24, 2.45) is 11.8 Å². The van der Waals surface area contributed by atoms with E-state index >= 15 is 0 Å². The highest BCUT2D eigenvalue weighted by Gasteiger charge is 2.30. The Balaban J connectivity index is 1.90. The van der Waals surface area contributed by atoms with Crippen LogP contribution in [-0.4, -0.2) is 30.9 Å². The van der Waals surface area contributed by atoms with E-state index in [0.29, 0.717) is 12.5 Å². The summed E-state index contributed by atoms with van der Waals surface area (Å²) in [5.74, 6) is 0.894. The van der Waals surface area contributed by atoms with E-state index in [-0.39, 0.29) is 11.8 Å². The van der Waals surface area contributed by atoms with Crippen LogP contribution in [0.1, 0.15) is 12.5 Å². The van der Waals surface area contributed by atoms with Gasteiger partial charge in [0.15, 0.2) is 0 Å². The second kappa shape index (κ2) is 5.32. The van der Waals surface area contributed by atoms with Gasteiger partial charge in [-0.05, 0) is 24.6 Å². The number of carbonyl (C=O) groups is 1. The summed E-state index contributed by atoms with van der Waals surface area (Å²) >= 11 is 0. The maximum Gasteiger partial charge on any atom is 0.225 e. The molecule has 1 aromatic rings. The van der Waals surface area contributed by atoms with Gasteiger partial charge in [-0.1, -0.05) is 37.3 Å². The Hall–Kier alpha value is -1.35. The number of hydrogen-bond acceptors (Lipinski definition) is 2. The number of rotatable bonds is 4. The fraction of sp³-hybridized carbons (Fsp3) is 0.500. The molecule has 0 spiro atoms. The minimum atomic E-state index is 0.130. The van der Waals surface area contributed by atoms with Gasteiger partial charge in [-0.15, -0.1) is 0 Å². The SMILES string of the molecule is CC(C(=O)N(C)Cc1ccccc1)C1CNC1. The van der Waals surface area contributed by atoms with E-state index in [1.54, 1.807) is 0 Å². The number of nitrogens with zero attached hydrogens (tertiary/aromatic N) is 1. The van der Waals surface area contributed by atoms with Crippen LogP contribution in [0, 0.1) is 11.8 Å². The molecule has 1 heterocycles. The van der Waals surface area contributed by atoms with E-state index in [4.69, 9.17) is 0 Å². The first-order valence-corrected chi connectivity index (χ1v) is 6.18. The van der Waals surface area contributed by atoms with Crippen LogP contribution in [0.3, 0.4) is 0 Å². The van der Waals surface area contributed by atoms with Crippen molar-refractivity contribution in [1.82, 2.24) is 10.2 Å². The van der Waals surface area contributed by atoms with Gasteiger partial charge in [0.1, 0.15) is 0 Å². The molecule has 1 amide bonds. The molecule has 1 saturated heterocycles. The number of benzene rings is 1. The van der Waals surface area contributed by atoms with Crippen molar-refractivity contribution in [3.63, 3.8) is 0 Å². The molecule has 0 radical (unpaired) electrons. The van der Waals surface area contributed by atoms with E-state index in [0.717, 1.165) is 13.1 Å². The smallest absolute Gasteiger partial charge is 0.225 e. The molecule has 1 aromatic carbocycles. The molecule has 1 aliphatic rings. The van der Waals surface area contributed by atoms with Crippen LogP contribution in [-0.2, 0) is 11.3 Å².